The van der Waals surface area contributed by atoms with E-state index in [9.17, 15) is 9.18 Å². The molecule has 3 aromatic rings. The Labute approximate surface area is 119 Å². The highest BCUT2D eigenvalue weighted by atomic mass is 19.1. The second-order valence-corrected chi connectivity index (χ2v) is 4.96. The zero-order chi connectivity index (χ0) is 14.4. The van der Waals surface area contributed by atoms with Crippen molar-refractivity contribution in [3.8, 4) is 11.3 Å². The van der Waals surface area contributed by atoms with E-state index in [0.717, 1.165) is 23.4 Å². The van der Waals surface area contributed by atoms with Gasteiger partial charge >= 0.3 is 0 Å². The minimum atomic E-state index is -0.419. The quantitative estimate of drug-likeness (QED) is 0.717. The summed E-state index contributed by atoms with van der Waals surface area (Å²) in [5.74, 6) is -0.492. The number of fused-ring (bicyclic) bond motifs is 2. The fourth-order valence-electron chi connectivity index (χ4n) is 2.66. The SMILES string of the molecule is O=C1NCCc2[nH]c(-c3ccnc4cc(F)cnc34)cc21. The van der Waals surface area contributed by atoms with Gasteiger partial charge in [0.1, 0.15) is 5.82 Å². The van der Waals surface area contributed by atoms with Crippen LogP contribution in [0.1, 0.15) is 16.1 Å². The molecule has 0 atom stereocenters. The first-order chi connectivity index (χ1) is 10.2. The van der Waals surface area contributed by atoms with Crippen LogP contribution in [0.15, 0.2) is 30.6 Å². The zero-order valence-corrected chi connectivity index (χ0v) is 11.0. The van der Waals surface area contributed by atoms with E-state index in [0.29, 0.717) is 23.1 Å². The van der Waals surface area contributed by atoms with Gasteiger partial charge in [0.15, 0.2) is 0 Å². The normalized spacial score (nSPS) is 14.0. The Morgan fingerprint density at radius 1 is 1.19 bits per heavy atom. The number of nitrogens with zero attached hydrogens (tertiary/aromatic N) is 2. The molecule has 0 spiro atoms. The fraction of sp³-hybridized carbons (Fsp3) is 0.133. The lowest BCUT2D eigenvalue weighted by Crippen LogP contribution is -2.31. The topological polar surface area (TPSA) is 70.7 Å². The van der Waals surface area contributed by atoms with Gasteiger partial charge < -0.3 is 10.3 Å². The summed E-state index contributed by atoms with van der Waals surface area (Å²) in [4.78, 5) is 23.3. The summed E-state index contributed by atoms with van der Waals surface area (Å²) in [5.41, 5.74) is 4.28. The Morgan fingerprint density at radius 2 is 2.10 bits per heavy atom. The molecule has 4 heterocycles. The van der Waals surface area contributed by atoms with Crippen LogP contribution >= 0.6 is 0 Å². The predicted molar refractivity (Wildman–Crippen MR) is 75.3 cm³/mol. The number of carbonyl (C=O) groups excluding carboxylic acids is 1. The molecule has 3 aromatic heterocycles. The van der Waals surface area contributed by atoms with E-state index < -0.39 is 5.82 Å². The number of hydrogen-bond acceptors (Lipinski definition) is 3. The van der Waals surface area contributed by atoms with E-state index >= 15 is 0 Å². The van der Waals surface area contributed by atoms with Crippen LogP contribution < -0.4 is 5.32 Å². The van der Waals surface area contributed by atoms with Crippen molar-refractivity contribution in [2.75, 3.05) is 6.54 Å². The van der Waals surface area contributed by atoms with E-state index in [2.05, 4.69) is 20.3 Å². The molecule has 21 heavy (non-hydrogen) atoms. The monoisotopic (exact) mass is 282 g/mol. The minimum absolute atomic E-state index is 0.0730. The maximum atomic E-state index is 13.2. The maximum Gasteiger partial charge on any atom is 0.253 e. The number of aromatic nitrogens is 3. The Kier molecular flexibility index (Phi) is 2.50. The number of H-pyrrole nitrogens is 1. The largest absolute Gasteiger partial charge is 0.358 e. The lowest BCUT2D eigenvalue weighted by molar-refractivity contribution is 0.0946. The molecule has 1 aliphatic rings. The molecule has 0 saturated carbocycles. The van der Waals surface area contributed by atoms with Gasteiger partial charge in [-0.1, -0.05) is 0 Å². The van der Waals surface area contributed by atoms with Crippen molar-refractivity contribution < 1.29 is 9.18 Å². The highest BCUT2D eigenvalue weighted by Gasteiger charge is 2.20. The van der Waals surface area contributed by atoms with E-state index in [4.69, 9.17) is 0 Å². The fourth-order valence-corrected chi connectivity index (χ4v) is 2.66. The molecule has 0 aliphatic carbocycles. The molecule has 6 heteroatoms. The van der Waals surface area contributed by atoms with Gasteiger partial charge in [-0.25, -0.2) is 4.39 Å². The standard InChI is InChI=1S/C15H11FN4O/c16-8-5-13-14(19-7-8)9(1-3-17-13)12-6-10-11(20-12)2-4-18-15(10)21/h1,3,5-7,20H,2,4H2,(H,18,21). The molecule has 4 rings (SSSR count). The van der Waals surface area contributed by atoms with Crippen molar-refractivity contribution in [2.24, 2.45) is 0 Å². The van der Waals surface area contributed by atoms with E-state index in [1.807, 2.05) is 12.1 Å². The second kappa shape index (κ2) is 4.37. The number of hydrogen-bond donors (Lipinski definition) is 2. The van der Waals surface area contributed by atoms with Crippen LogP contribution in [-0.4, -0.2) is 27.4 Å². The van der Waals surface area contributed by atoms with Gasteiger partial charge in [-0.15, -0.1) is 0 Å². The summed E-state index contributed by atoms with van der Waals surface area (Å²) in [6.07, 6.45) is 3.55. The molecular formula is C15H11FN4O. The van der Waals surface area contributed by atoms with Crippen molar-refractivity contribution in [1.82, 2.24) is 20.3 Å². The van der Waals surface area contributed by atoms with Crippen molar-refractivity contribution in [2.45, 2.75) is 6.42 Å². The molecule has 0 aromatic carbocycles. The van der Waals surface area contributed by atoms with Crippen molar-refractivity contribution >= 4 is 16.9 Å². The smallest absolute Gasteiger partial charge is 0.253 e. The summed E-state index contributed by atoms with van der Waals surface area (Å²) in [5, 5.41) is 2.81. The van der Waals surface area contributed by atoms with Gasteiger partial charge in [-0.2, -0.15) is 0 Å². The Morgan fingerprint density at radius 3 is 2.95 bits per heavy atom. The third-order valence-electron chi connectivity index (χ3n) is 3.64. The van der Waals surface area contributed by atoms with Gasteiger partial charge in [0.25, 0.3) is 5.91 Å². The number of halogens is 1. The first-order valence-electron chi connectivity index (χ1n) is 6.63. The van der Waals surface area contributed by atoms with Gasteiger partial charge in [0.05, 0.1) is 22.8 Å². The third kappa shape index (κ3) is 1.87. The molecule has 0 unspecified atom stereocenters. The number of amides is 1. The molecule has 1 aliphatic heterocycles. The molecule has 0 saturated heterocycles. The lowest BCUT2D eigenvalue weighted by atomic mass is 10.1. The molecule has 0 radical (unpaired) electrons. The Hall–Kier alpha value is -2.76. The Bertz CT molecular complexity index is 871. The average Bonchev–Trinajstić information content (AvgIpc) is 2.91. The highest BCUT2D eigenvalue weighted by Crippen LogP contribution is 2.28. The number of pyridine rings is 2. The van der Waals surface area contributed by atoms with E-state index in [1.54, 1.807) is 6.20 Å². The van der Waals surface area contributed by atoms with Crippen LogP contribution in [0.4, 0.5) is 4.39 Å². The average molecular weight is 282 g/mol. The number of rotatable bonds is 1. The molecule has 0 bridgehead atoms. The van der Waals surface area contributed by atoms with Crippen LogP contribution in [-0.2, 0) is 6.42 Å². The first kappa shape index (κ1) is 12.0. The summed E-state index contributed by atoms with van der Waals surface area (Å²) in [6.45, 7) is 0.631. The van der Waals surface area contributed by atoms with Crippen LogP contribution in [0.5, 0.6) is 0 Å². The predicted octanol–water partition coefficient (Wildman–Crippen LogP) is 2.05. The van der Waals surface area contributed by atoms with Crippen molar-refractivity contribution in [1.29, 1.82) is 0 Å². The maximum absolute atomic E-state index is 13.2. The Balaban J connectivity index is 1.93. The van der Waals surface area contributed by atoms with E-state index in [-0.39, 0.29) is 5.91 Å². The first-order valence-corrected chi connectivity index (χ1v) is 6.63. The molecule has 0 fully saturated rings. The molecular weight excluding hydrogens is 271 g/mol. The van der Waals surface area contributed by atoms with Gasteiger partial charge in [-0.05, 0) is 12.1 Å². The summed E-state index contributed by atoms with van der Waals surface area (Å²) in [7, 11) is 0. The van der Waals surface area contributed by atoms with Gasteiger partial charge in [-0.3, -0.25) is 14.8 Å². The zero-order valence-electron chi connectivity index (χ0n) is 11.0. The second-order valence-electron chi connectivity index (χ2n) is 4.96. The molecule has 104 valence electrons. The lowest BCUT2D eigenvalue weighted by Gasteiger charge is -2.11. The summed E-state index contributed by atoms with van der Waals surface area (Å²) < 4.78 is 13.2. The summed E-state index contributed by atoms with van der Waals surface area (Å²) >= 11 is 0. The van der Waals surface area contributed by atoms with Gasteiger partial charge in [0.2, 0.25) is 0 Å². The molecule has 5 nitrogen and oxygen atoms in total. The highest BCUT2D eigenvalue weighted by molar-refractivity contribution is 5.99. The molecule has 2 N–H and O–H groups in total. The molecule has 1 amide bonds. The van der Waals surface area contributed by atoms with E-state index in [1.165, 1.54) is 12.3 Å². The minimum Gasteiger partial charge on any atom is -0.358 e. The van der Waals surface area contributed by atoms with Gasteiger partial charge in [0, 0.05) is 42.2 Å². The van der Waals surface area contributed by atoms with Crippen LogP contribution in [0.2, 0.25) is 0 Å². The van der Waals surface area contributed by atoms with Crippen LogP contribution in [0, 0.1) is 5.82 Å². The van der Waals surface area contributed by atoms with Crippen LogP contribution in [0.3, 0.4) is 0 Å². The number of aromatic amines is 1. The third-order valence-corrected chi connectivity index (χ3v) is 3.64. The number of carbonyl (C=O) groups is 1. The number of nitrogens with one attached hydrogen (secondary N) is 2. The van der Waals surface area contributed by atoms with Crippen molar-refractivity contribution in [3.05, 3.63) is 47.7 Å². The summed E-state index contributed by atoms with van der Waals surface area (Å²) in [6, 6.07) is 4.97. The van der Waals surface area contributed by atoms with Crippen LogP contribution in [0.25, 0.3) is 22.3 Å². The van der Waals surface area contributed by atoms with Crippen molar-refractivity contribution in [3.63, 3.8) is 0 Å².